The first-order valence-corrected chi connectivity index (χ1v) is 11.6. The fourth-order valence-corrected chi connectivity index (χ4v) is 4.27. The summed E-state index contributed by atoms with van der Waals surface area (Å²) in [6, 6.07) is 17.8. The molecule has 0 atom stereocenters. The number of nitrogens with zero attached hydrogens (tertiary/aromatic N) is 2. The number of aryl methyl sites for hydroxylation is 1. The molecular weight excluding hydrogens is 462 g/mol. The first-order valence-electron chi connectivity index (χ1n) is 10.8. The van der Waals surface area contributed by atoms with Gasteiger partial charge in [-0.1, -0.05) is 47.5 Å². The van der Waals surface area contributed by atoms with Crippen LogP contribution < -0.4 is 4.74 Å². The normalized spacial score (nSPS) is 14.4. The Morgan fingerprint density at radius 1 is 0.970 bits per heavy atom. The van der Waals surface area contributed by atoms with Gasteiger partial charge in [0.15, 0.2) is 0 Å². The van der Waals surface area contributed by atoms with Crippen LogP contribution in [0, 0.1) is 12.7 Å². The first kappa shape index (κ1) is 23.6. The van der Waals surface area contributed by atoms with Gasteiger partial charge in [-0.3, -0.25) is 9.69 Å². The third kappa shape index (κ3) is 5.85. The summed E-state index contributed by atoms with van der Waals surface area (Å²) >= 11 is 12.4. The molecule has 7 heteroatoms. The van der Waals surface area contributed by atoms with Crippen molar-refractivity contribution in [2.45, 2.75) is 20.1 Å². The van der Waals surface area contributed by atoms with E-state index < -0.39 is 0 Å². The molecule has 0 bridgehead atoms. The number of rotatable bonds is 6. The van der Waals surface area contributed by atoms with Crippen molar-refractivity contribution in [3.8, 4) is 5.75 Å². The molecule has 4 rings (SSSR count). The van der Waals surface area contributed by atoms with E-state index in [1.165, 1.54) is 6.07 Å². The minimum atomic E-state index is -0.299. The van der Waals surface area contributed by atoms with Gasteiger partial charge in [-0.2, -0.15) is 0 Å². The predicted molar refractivity (Wildman–Crippen MR) is 130 cm³/mol. The molecule has 1 aliphatic rings. The Labute approximate surface area is 203 Å². The number of hydrogen-bond donors (Lipinski definition) is 0. The maximum absolute atomic E-state index is 14.1. The van der Waals surface area contributed by atoms with Gasteiger partial charge in [-0.25, -0.2) is 4.39 Å². The summed E-state index contributed by atoms with van der Waals surface area (Å²) in [7, 11) is 0. The van der Waals surface area contributed by atoms with E-state index in [1.807, 2.05) is 54.3 Å². The zero-order valence-corrected chi connectivity index (χ0v) is 19.9. The third-order valence-corrected chi connectivity index (χ3v) is 6.42. The smallest absolute Gasteiger partial charge is 0.253 e. The quantitative estimate of drug-likeness (QED) is 0.429. The molecule has 3 aromatic rings. The Balaban J connectivity index is 1.35. The lowest BCUT2D eigenvalue weighted by atomic mass is 10.1. The Kier molecular flexibility index (Phi) is 7.53. The molecular formula is C26H25Cl2FN2O2. The summed E-state index contributed by atoms with van der Waals surface area (Å²) < 4.78 is 20.0. The summed E-state index contributed by atoms with van der Waals surface area (Å²) in [4.78, 5) is 17.0. The molecule has 0 aliphatic carbocycles. The van der Waals surface area contributed by atoms with Gasteiger partial charge in [-0.05, 0) is 54.4 Å². The van der Waals surface area contributed by atoms with Gasteiger partial charge in [0.1, 0.15) is 18.2 Å². The average Bonchev–Trinajstić information content (AvgIpc) is 2.82. The van der Waals surface area contributed by atoms with Gasteiger partial charge >= 0.3 is 0 Å². The number of benzene rings is 3. The molecule has 3 aromatic carbocycles. The monoisotopic (exact) mass is 486 g/mol. The maximum atomic E-state index is 14.1. The number of piperazine rings is 1. The van der Waals surface area contributed by atoms with Crippen LogP contribution in [0.3, 0.4) is 0 Å². The minimum Gasteiger partial charge on any atom is -0.487 e. The van der Waals surface area contributed by atoms with E-state index in [0.29, 0.717) is 66.3 Å². The Morgan fingerprint density at radius 2 is 1.73 bits per heavy atom. The lowest BCUT2D eigenvalue weighted by Crippen LogP contribution is -2.48. The summed E-state index contributed by atoms with van der Waals surface area (Å²) in [5.74, 6) is 0.306. The Bertz CT molecular complexity index is 1130. The van der Waals surface area contributed by atoms with Crippen molar-refractivity contribution >= 4 is 29.1 Å². The molecule has 0 saturated carbocycles. The van der Waals surface area contributed by atoms with Crippen LogP contribution in [0.1, 0.15) is 27.0 Å². The molecule has 4 nitrogen and oxygen atoms in total. The molecule has 0 aromatic heterocycles. The molecule has 0 spiro atoms. The van der Waals surface area contributed by atoms with Gasteiger partial charge in [0.05, 0.1) is 5.02 Å². The van der Waals surface area contributed by atoms with Crippen LogP contribution in [0.5, 0.6) is 5.75 Å². The summed E-state index contributed by atoms with van der Waals surface area (Å²) in [6.07, 6.45) is 0. The molecule has 0 N–H and O–H groups in total. The van der Waals surface area contributed by atoms with Crippen LogP contribution in [0.4, 0.5) is 4.39 Å². The van der Waals surface area contributed by atoms with Crippen molar-refractivity contribution in [1.29, 1.82) is 0 Å². The van der Waals surface area contributed by atoms with Gasteiger partial charge in [0.2, 0.25) is 0 Å². The van der Waals surface area contributed by atoms with Crippen LogP contribution in [0.2, 0.25) is 10.0 Å². The SMILES string of the molecule is Cc1ccc(Cl)c(OCc2cccc(C(=O)N3CCN(Cc4c(F)cccc4Cl)CC3)c2)c1. The highest BCUT2D eigenvalue weighted by molar-refractivity contribution is 6.32. The highest BCUT2D eigenvalue weighted by Crippen LogP contribution is 2.26. The van der Waals surface area contributed by atoms with Crippen molar-refractivity contribution in [3.05, 3.63) is 98.8 Å². The van der Waals surface area contributed by atoms with Gasteiger partial charge in [0.25, 0.3) is 5.91 Å². The molecule has 0 radical (unpaired) electrons. The van der Waals surface area contributed by atoms with Gasteiger partial charge in [0, 0.05) is 48.9 Å². The zero-order chi connectivity index (χ0) is 23.4. The number of hydrogen-bond acceptors (Lipinski definition) is 3. The van der Waals surface area contributed by atoms with E-state index in [0.717, 1.165) is 11.1 Å². The van der Waals surface area contributed by atoms with E-state index >= 15 is 0 Å². The van der Waals surface area contributed by atoms with Crippen LogP contribution in [0.15, 0.2) is 60.7 Å². The zero-order valence-electron chi connectivity index (χ0n) is 18.4. The highest BCUT2D eigenvalue weighted by Gasteiger charge is 2.23. The fourth-order valence-electron chi connectivity index (χ4n) is 3.88. The van der Waals surface area contributed by atoms with E-state index in [-0.39, 0.29) is 11.7 Å². The predicted octanol–water partition coefficient (Wildman–Crippen LogP) is 5.98. The van der Waals surface area contributed by atoms with Gasteiger partial charge in [-0.15, -0.1) is 0 Å². The van der Waals surface area contributed by atoms with Crippen LogP contribution in [0.25, 0.3) is 0 Å². The molecule has 1 saturated heterocycles. The number of amides is 1. The van der Waals surface area contributed by atoms with Crippen molar-refractivity contribution in [2.75, 3.05) is 26.2 Å². The number of halogens is 3. The Hall–Kier alpha value is -2.60. The van der Waals surface area contributed by atoms with Crippen LogP contribution >= 0.6 is 23.2 Å². The molecule has 172 valence electrons. The second-order valence-corrected chi connectivity index (χ2v) is 9.01. The molecule has 1 heterocycles. The summed E-state index contributed by atoms with van der Waals surface area (Å²) in [6.45, 7) is 5.20. The topological polar surface area (TPSA) is 32.8 Å². The molecule has 33 heavy (non-hydrogen) atoms. The lowest BCUT2D eigenvalue weighted by Gasteiger charge is -2.35. The number of carbonyl (C=O) groups excluding carboxylic acids is 1. The molecule has 1 amide bonds. The second-order valence-electron chi connectivity index (χ2n) is 8.19. The Morgan fingerprint density at radius 3 is 2.48 bits per heavy atom. The fraction of sp³-hybridized carbons (Fsp3) is 0.269. The van der Waals surface area contributed by atoms with E-state index in [9.17, 15) is 9.18 Å². The van der Waals surface area contributed by atoms with Crippen LogP contribution in [-0.2, 0) is 13.2 Å². The number of ether oxygens (including phenoxy) is 1. The largest absolute Gasteiger partial charge is 0.487 e. The third-order valence-electron chi connectivity index (χ3n) is 5.76. The van der Waals surface area contributed by atoms with Crippen molar-refractivity contribution < 1.29 is 13.9 Å². The van der Waals surface area contributed by atoms with Crippen LogP contribution in [-0.4, -0.2) is 41.9 Å². The van der Waals surface area contributed by atoms with E-state index in [2.05, 4.69) is 4.90 Å². The highest BCUT2D eigenvalue weighted by atomic mass is 35.5. The second kappa shape index (κ2) is 10.6. The van der Waals surface area contributed by atoms with Crippen molar-refractivity contribution in [3.63, 3.8) is 0 Å². The van der Waals surface area contributed by atoms with E-state index in [1.54, 1.807) is 12.1 Å². The maximum Gasteiger partial charge on any atom is 0.253 e. The van der Waals surface area contributed by atoms with Crippen molar-refractivity contribution in [2.24, 2.45) is 0 Å². The summed E-state index contributed by atoms with van der Waals surface area (Å²) in [5.41, 5.74) is 3.08. The number of carbonyl (C=O) groups is 1. The first-order chi connectivity index (χ1) is 15.9. The standard InChI is InChI=1S/C26H25Cl2FN2O2/c1-18-8-9-23(28)25(14-18)33-17-19-4-2-5-20(15-19)26(32)31-12-10-30(11-13-31)16-21-22(27)6-3-7-24(21)29/h2-9,14-15H,10-13,16-17H2,1H3. The lowest BCUT2D eigenvalue weighted by molar-refractivity contribution is 0.0627. The van der Waals surface area contributed by atoms with Gasteiger partial charge < -0.3 is 9.64 Å². The van der Waals surface area contributed by atoms with Crippen molar-refractivity contribution in [1.82, 2.24) is 9.80 Å². The average molecular weight is 487 g/mol. The molecule has 0 unspecified atom stereocenters. The van der Waals surface area contributed by atoms with E-state index in [4.69, 9.17) is 27.9 Å². The summed E-state index contributed by atoms with van der Waals surface area (Å²) in [5, 5.41) is 0.988. The molecule has 1 fully saturated rings. The minimum absolute atomic E-state index is 0.0194. The molecule has 1 aliphatic heterocycles.